The molecule has 2 atom stereocenters. The van der Waals surface area contributed by atoms with Gasteiger partial charge in [-0.05, 0) is 53.4 Å². The van der Waals surface area contributed by atoms with Crippen LogP contribution >= 0.6 is 0 Å². The topological polar surface area (TPSA) is 44.4 Å². The van der Waals surface area contributed by atoms with E-state index in [-0.39, 0.29) is 11.8 Å². The van der Waals surface area contributed by atoms with Crippen LogP contribution in [0.4, 0.5) is 0 Å². The fourth-order valence-corrected chi connectivity index (χ4v) is 2.11. The van der Waals surface area contributed by atoms with Crippen molar-refractivity contribution in [2.45, 2.75) is 32.2 Å². The summed E-state index contributed by atoms with van der Waals surface area (Å²) >= 11 is 0. The fourth-order valence-electron chi connectivity index (χ4n) is 2.11. The minimum Gasteiger partial charge on any atom is -0.356 e. The summed E-state index contributed by atoms with van der Waals surface area (Å²) < 4.78 is 0. The zero-order valence-electron chi connectivity index (χ0n) is 10.8. The first-order chi connectivity index (χ1) is 7.61. The van der Waals surface area contributed by atoms with Crippen molar-refractivity contribution in [3.63, 3.8) is 0 Å². The summed E-state index contributed by atoms with van der Waals surface area (Å²) in [5.74, 6) is 0.399. The number of hydrogen-bond acceptors (Lipinski definition) is 3. The van der Waals surface area contributed by atoms with E-state index in [1.165, 1.54) is 0 Å². The van der Waals surface area contributed by atoms with Gasteiger partial charge in [0.15, 0.2) is 0 Å². The molecule has 0 radical (unpaired) electrons. The fraction of sp³-hybridized carbons (Fsp3) is 0.917. The van der Waals surface area contributed by atoms with E-state index in [2.05, 4.69) is 36.6 Å². The quantitative estimate of drug-likeness (QED) is 0.647. The maximum absolute atomic E-state index is 11.8. The van der Waals surface area contributed by atoms with Gasteiger partial charge in [0.25, 0.3) is 0 Å². The van der Waals surface area contributed by atoms with Crippen LogP contribution in [-0.2, 0) is 4.79 Å². The van der Waals surface area contributed by atoms with Gasteiger partial charge in [0.05, 0.1) is 5.92 Å². The molecule has 0 saturated carbocycles. The van der Waals surface area contributed by atoms with Crippen molar-refractivity contribution in [1.82, 2.24) is 15.5 Å². The van der Waals surface area contributed by atoms with Crippen molar-refractivity contribution in [3.05, 3.63) is 0 Å². The maximum Gasteiger partial charge on any atom is 0.224 e. The van der Waals surface area contributed by atoms with E-state index in [1.54, 1.807) is 0 Å². The lowest BCUT2D eigenvalue weighted by Gasteiger charge is -2.15. The van der Waals surface area contributed by atoms with Gasteiger partial charge in [-0.1, -0.05) is 0 Å². The summed E-state index contributed by atoms with van der Waals surface area (Å²) in [7, 11) is 4.15. The van der Waals surface area contributed by atoms with E-state index in [4.69, 9.17) is 0 Å². The summed E-state index contributed by atoms with van der Waals surface area (Å²) in [4.78, 5) is 14.0. The summed E-state index contributed by atoms with van der Waals surface area (Å²) in [6, 6.07) is 0.335. The molecule has 0 spiro atoms. The Kier molecular flexibility index (Phi) is 5.77. The van der Waals surface area contributed by atoms with Crippen LogP contribution in [0.3, 0.4) is 0 Å². The molecule has 1 fully saturated rings. The molecule has 1 rings (SSSR count). The van der Waals surface area contributed by atoms with Crippen molar-refractivity contribution in [3.8, 4) is 0 Å². The van der Waals surface area contributed by atoms with Gasteiger partial charge >= 0.3 is 0 Å². The van der Waals surface area contributed by atoms with Gasteiger partial charge < -0.3 is 15.5 Å². The van der Waals surface area contributed by atoms with Crippen LogP contribution in [0.1, 0.15) is 26.2 Å². The van der Waals surface area contributed by atoms with Crippen LogP contribution in [0.15, 0.2) is 0 Å². The number of nitrogens with zero attached hydrogens (tertiary/aromatic N) is 1. The highest BCUT2D eigenvalue weighted by molar-refractivity contribution is 5.79. The van der Waals surface area contributed by atoms with Gasteiger partial charge in [0.2, 0.25) is 5.91 Å². The SMILES string of the molecule is CC1NCCC1C(=O)NCCCCN(C)C. The van der Waals surface area contributed by atoms with E-state index in [0.717, 1.165) is 38.9 Å². The lowest BCUT2D eigenvalue weighted by atomic mass is 10.0. The molecule has 4 heteroatoms. The average Bonchev–Trinajstić information content (AvgIpc) is 2.63. The predicted octanol–water partition coefficient (Wildman–Crippen LogP) is 0.442. The minimum atomic E-state index is 0.175. The minimum absolute atomic E-state index is 0.175. The summed E-state index contributed by atoms with van der Waals surface area (Å²) in [5, 5.41) is 6.33. The van der Waals surface area contributed by atoms with Gasteiger partial charge in [-0.25, -0.2) is 0 Å². The first kappa shape index (κ1) is 13.5. The van der Waals surface area contributed by atoms with Gasteiger partial charge in [0, 0.05) is 12.6 Å². The lowest BCUT2D eigenvalue weighted by Crippen LogP contribution is -2.37. The first-order valence-corrected chi connectivity index (χ1v) is 6.27. The molecule has 0 aromatic carbocycles. The predicted molar refractivity (Wildman–Crippen MR) is 66.4 cm³/mol. The third-order valence-electron chi connectivity index (χ3n) is 3.19. The molecule has 2 unspecified atom stereocenters. The Labute approximate surface area is 98.8 Å². The van der Waals surface area contributed by atoms with E-state index in [0.29, 0.717) is 6.04 Å². The number of unbranched alkanes of at least 4 members (excludes halogenated alkanes) is 1. The maximum atomic E-state index is 11.8. The molecule has 0 bridgehead atoms. The molecule has 94 valence electrons. The van der Waals surface area contributed by atoms with Crippen LogP contribution in [-0.4, -0.2) is 50.6 Å². The lowest BCUT2D eigenvalue weighted by molar-refractivity contribution is -0.125. The van der Waals surface area contributed by atoms with Crippen LogP contribution in [0.25, 0.3) is 0 Å². The molecule has 1 amide bonds. The number of carbonyl (C=O) groups excluding carboxylic acids is 1. The van der Waals surface area contributed by atoms with Crippen LogP contribution in [0.5, 0.6) is 0 Å². The number of amides is 1. The monoisotopic (exact) mass is 227 g/mol. The van der Waals surface area contributed by atoms with Crippen molar-refractivity contribution in [1.29, 1.82) is 0 Å². The molecule has 0 aromatic rings. The summed E-state index contributed by atoms with van der Waals surface area (Å²) in [6.45, 7) is 4.97. The average molecular weight is 227 g/mol. The highest BCUT2D eigenvalue weighted by atomic mass is 16.1. The van der Waals surface area contributed by atoms with Crippen molar-refractivity contribution in [2.75, 3.05) is 33.7 Å². The molecule has 1 saturated heterocycles. The molecule has 16 heavy (non-hydrogen) atoms. The van der Waals surface area contributed by atoms with Gasteiger partial charge in [-0.2, -0.15) is 0 Å². The standard InChI is InChI=1S/C12H25N3O/c1-10-11(6-8-13-10)12(16)14-7-4-5-9-15(2)3/h10-11,13H,4-9H2,1-3H3,(H,14,16). The second kappa shape index (κ2) is 6.86. The van der Waals surface area contributed by atoms with E-state index >= 15 is 0 Å². The molecule has 1 heterocycles. The molecular formula is C12H25N3O. The summed E-state index contributed by atoms with van der Waals surface area (Å²) in [5.41, 5.74) is 0. The normalized spacial score (nSPS) is 25.0. The van der Waals surface area contributed by atoms with E-state index in [1.807, 2.05) is 0 Å². The molecular weight excluding hydrogens is 202 g/mol. The third kappa shape index (κ3) is 4.49. The second-order valence-corrected chi connectivity index (χ2v) is 4.94. The van der Waals surface area contributed by atoms with Gasteiger partial charge in [0.1, 0.15) is 0 Å². The Bertz CT molecular complexity index is 218. The first-order valence-electron chi connectivity index (χ1n) is 6.27. The van der Waals surface area contributed by atoms with Crippen molar-refractivity contribution < 1.29 is 4.79 Å². The largest absolute Gasteiger partial charge is 0.356 e. The van der Waals surface area contributed by atoms with Crippen LogP contribution in [0, 0.1) is 5.92 Å². The Morgan fingerprint density at radius 3 is 2.75 bits per heavy atom. The molecule has 4 nitrogen and oxygen atoms in total. The number of rotatable bonds is 6. The van der Waals surface area contributed by atoms with Crippen molar-refractivity contribution in [2.24, 2.45) is 5.92 Å². The zero-order chi connectivity index (χ0) is 12.0. The Balaban J connectivity index is 2.06. The molecule has 2 N–H and O–H groups in total. The number of hydrogen-bond donors (Lipinski definition) is 2. The molecule has 0 aromatic heterocycles. The van der Waals surface area contributed by atoms with Gasteiger partial charge in [-0.15, -0.1) is 0 Å². The molecule has 0 aliphatic carbocycles. The smallest absolute Gasteiger partial charge is 0.224 e. The summed E-state index contributed by atoms with van der Waals surface area (Å²) in [6.07, 6.45) is 3.19. The van der Waals surface area contributed by atoms with Gasteiger partial charge in [-0.3, -0.25) is 4.79 Å². The highest BCUT2D eigenvalue weighted by Gasteiger charge is 2.28. The Morgan fingerprint density at radius 1 is 1.44 bits per heavy atom. The highest BCUT2D eigenvalue weighted by Crippen LogP contribution is 2.14. The van der Waals surface area contributed by atoms with Crippen LogP contribution < -0.4 is 10.6 Å². The molecule has 1 aliphatic rings. The third-order valence-corrected chi connectivity index (χ3v) is 3.19. The Morgan fingerprint density at radius 2 is 2.19 bits per heavy atom. The number of carbonyl (C=O) groups is 1. The van der Waals surface area contributed by atoms with Crippen molar-refractivity contribution >= 4 is 5.91 Å². The second-order valence-electron chi connectivity index (χ2n) is 4.94. The van der Waals surface area contributed by atoms with E-state index in [9.17, 15) is 4.79 Å². The molecule has 1 aliphatic heterocycles. The zero-order valence-corrected chi connectivity index (χ0v) is 10.8. The van der Waals surface area contributed by atoms with E-state index < -0.39 is 0 Å². The number of nitrogens with one attached hydrogen (secondary N) is 2. The van der Waals surface area contributed by atoms with Crippen LogP contribution in [0.2, 0.25) is 0 Å². The Hall–Kier alpha value is -0.610.